The van der Waals surface area contributed by atoms with Gasteiger partial charge in [0.2, 0.25) is 0 Å². The van der Waals surface area contributed by atoms with E-state index >= 15 is 0 Å². The molecule has 0 aliphatic rings. The molecule has 0 saturated carbocycles. The number of hydrogen-bond acceptors (Lipinski definition) is 3. The van der Waals surface area contributed by atoms with E-state index in [9.17, 15) is 0 Å². The summed E-state index contributed by atoms with van der Waals surface area (Å²) in [6.07, 6.45) is 1.85. The van der Waals surface area contributed by atoms with Gasteiger partial charge in [0, 0.05) is 7.11 Å². The maximum Gasteiger partial charge on any atom is 0.0781 e. The molecule has 0 bridgehead atoms. The summed E-state index contributed by atoms with van der Waals surface area (Å²) in [4.78, 5) is 0. The molecule has 0 heterocycles. The van der Waals surface area contributed by atoms with Crippen molar-refractivity contribution < 1.29 is 14.2 Å². The molecule has 1 atom stereocenters. The molecular weight excluding hydrogens is 180 g/mol. The molecule has 88 valence electrons. The Morgan fingerprint density at radius 3 is 2.43 bits per heavy atom. The van der Waals surface area contributed by atoms with Gasteiger partial charge in [0.1, 0.15) is 0 Å². The van der Waals surface area contributed by atoms with Crippen molar-refractivity contribution in [2.75, 3.05) is 33.5 Å². The summed E-state index contributed by atoms with van der Waals surface area (Å²) in [5, 5.41) is 0. The van der Waals surface area contributed by atoms with Crippen molar-refractivity contribution in [2.24, 2.45) is 0 Å². The van der Waals surface area contributed by atoms with Crippen molar-refractivity contribution in [1.82, 2.24) is 0 Å². The third-order valence-corrected chi connectivity index (χ3v) is 1.28. The van der Waals surface area contributed by atoms with Crippen LogP contribution in [0.3, 0.4) is 0 Å². The number of rotatable bonds is 8. The van der Waals surface area contributed by atoms with Gasteiger partial charge in [0.05, 0.1) is 32.5 Å². The lowest BCUT2D eigenvalue weighted by Gasteiger charge is -2.11. The van der Waals surface area contributed by atoms with Crippen LogP contribution in [0, 0.1) is 0 Å². The highest BCUT2D eigenvalue weighted by Gasteiger charge is 2.00. The highest BCUT2D eigenvalue weighted by Crippen LogP contribution is 1.91. The van der Waals surface area contributed by atoms with Crippen molar-refractivity contribution in [2.45, 2.75) is 27.9 Å². The zero-order valence-corrected chi connectivity index (χ0v) is 7.91. The molecule has 1 unspecified atom stereocenters. The van der Waals surface area contributed by atoms with E-state index < -0.39 is 0 Å². The molecule has 0 aromatic carbocycles. The Morgan fingerprint density at radius 2 is 1.93 bits per heavy atom. The predicted molar refractivity (Wildman–Crippen MR) is 61.8 cm³/mol. The number of methoxy groups -OCH3 is 1. The molecule has 0 aliphatic carbocycles. The Labute approximate surface area is 89.1 Å². The van der Waals surface area contributed by atoms with E-state index in [-0.39, 0.29) is 21.0 Å². The van der Waals surface area contributed by atoms with Gasteiger partial charge in [0.15, 0.2) is 0 Å². The molecule has 0 amide bonds. The number of ether oxygens (including phenoxy) is 3. The molecule has 14 heavy (non-hydrogen) atoms. The van der Waals surface area contributed by atoms with Crippen LogP contribution >= 0.6 is 0 Å². The molecular formula is C11H26O3. The van der Waals surface area contributed by atoms with Gasteiger partial charge in [-0.15, -0.1) is 6.58 Å². The lowest BCUT2D eigenvalue weighted by atomic mass is 10.4. The summed E-state index contributed by atoms with van der Waals surface area (Å²) >= 11 is 0. The molecule has 0 aromatic heterocycles. The topological polar surface area (TPSA) is 27.7 Å². The summed E-state index contributed by atoms with van der Waals surface area (Å²) in [5.41, 5.74) is 0. The fourth-order valence-electron chi connectivity index (χ4n) is 0.698. The highest BCUT2D eigenvalue weighted by atomic mass is 16.5. The third-order valence-electron chi connectivity index (χ3n) is 1.28. The normalized spacial score (nSPS) is 11.0. The molecule has 0 spiro atoms. The van der Waals surface area contributed by atoms with Crippen molar-refractivity contribution in [1.29, 1.82) is 0 Å². The minimum absolute atomic E-state index is 0. The van der Waals surface area contributed by atoms with Gasteiger partial charge in [-0.3, -0.25) is 0 Å². The van der Waals surface area contributed by atoms with E-state index in [2.05, 4.69) is 6.58 Å². The Hall–Kier alpha value is -0.380. The van der Waals surface area contributed by atoms with Crippen LogP contribution in [0.25, 0.3) is 0 Å². The zero-order valence-electron chi connectivity index (χ0n) is 7.91. The molecule has 0 fully saturated rings. The van der Waals surface area contributed by atoms with Gasteiger partial charge in [-0.25, -0.2) is 0 Å². The van der Waals surface area contributed by atoms with Gasteiger partial charge in [-0.2, -0.15) is 0 Å². The quantitative estimate of drug-likeness (QED) is 0.451. The summed E-state index contributed by atoms with van der Waals surface area (Å²) in [6.45, 7) is 7.96. The monoisotopic (exact) mass is 206 g/mol. The minimum Gasteiger partial charge on any atom is -0.382 e. The standard InChI is InChI=1S/C9H18O3.2CH4/c1-4-5-11-8-9(2)12-7-6-10-3;;/h4,9H,1,5-8H2,2-3H3;2*1H4. The first-order valence-corrected chi connectivity index (χ1v) is 4.10. The predicted octanol–water partition coefficient (Wildman–Crippen LogP) is 2.51. The Balaban J connectivity index is -0.000000605. The van der Waals surface area contributed by atoms with Gasteiger partial charge in [-0.05, 0) is 6.92 Å². The fourth-order valence-corrected chi connectivity index (χ4v) is 0.698. The largest absolute Gasteiger partial charge is 0.382 e. The van der Waals surface area contributed by atoms with Crippen molar-refractivity contribution in [3.63, 3.8) is 0 Å². The summed E-state index contributed by atoms with van der Waals surface area (Å²) < 4.78 is 15.4. The second kappa shape index (κ2) is 15.1. The van der Waals surface area contributed by atoms with Crippen LogP contribution in [0.2, 0.25) is 0 Å². The molecule has 3 heteroatoms. The first-order valence-electron chi connectivity index (χ1n) is 4.10. The van der Waals surface area contributed by atoms with Crippen LogP contribution < -0.4 is 0 Å². The molecule has 0 aliphatic heterocycles. The molecule has 0 saturated heterocycles. The summed E-state index contributed by atoms with van der Waals surface area (Å²) in [7, 11) is 1.65. The highest BCUT2D eigenvalue weighted by molar-refractivity contribution is 4.64. The van der Waals surface area contributed by atoms with Crippen LogP contribution in [0.1, 0.15) is 21.8 Å². The first-order chi connectivity index (χ1) is 5.81. The lowest BCUT2D eigenvalue weighted by Crippen LogP contribution is -2.18. The van der Waals surface area contributed by atoms with E-state index in [1.54, 1.807) is 13.2 Å². The van der Waals surface area contributed by atoms with Gasteiger partial charge < -0.3 is 14.2 Å². The second-order valence-electron chi connectivity index (χ2n) is 2.50. The molecule has 0 N–H and O–H groups in total. The summed E-state index contributed by atoms with van der Waals surface area (Å²) in [5.74, 6) is 0. The van der Waals surface area contributed by atoms with Crippen LogP contribution in [0.5, 0.6) is 0 Å². The van der Waals surface area contributed by atoms with Crippen LogP contribution in [-0.4, -0.2) is 39.6 Å². The van der Waals surface area contributed by atoms with E-state index in [1.807, 2.05) is 6.92 Å². The molecule has 0 radical (unpaired) electrons. The molecule has 0 rings (SSSR count). The molecule has 0 aromatic rings. The minimum atomic E-state index is 0. The number of hydrogen-bond donors (Lipinski definition) is 0. The SMILES string of the molecule is C.C.C=CCOCC(C)OCCOC. The zero-order chi connectivity index (χ0) is 9.23. The Morgan fingerprint density at radius 1 is 1.29 bits per heavy atom. The van der Waals surface area contributed by atoms with Crippen molar-refractivity contribution in [3.8, 4) is 0 Å². The Bertz CT molecular complexity index is 105. The Kier molecular flexibility index (Phi) is 20.8. The van der Waals surface area contributed by atoms with Crippen molar-refractivity contribution in [3.05, 3.63) is 12.7 Å². The first kappa shape index (κ1) is 19.2. The summed E-state index contributed by atoms with van der Waals surface area (Å²) in [6, 6.07) is 0. The van der Waals surface area contributed by atoms with Gasteiger partial charge >= 0.3 is 0 Å². The smallest absolute Gasteiger partial charge is 0.0781 e. The van der Waals surface area contributed by atoms with Gasteiger partial charge in [0.25, 0.3) is 0 Å². The third kappa shape index (κ3) is 14.2. The van der Waals surface area contributed by atoms with Crippen LogP contribution in [0.4, 0.5) is 0 Å². The maximum atomic E-state index is 5.34. The van der Waals surface area contributed by atoms with Gasteiger partial charge in [-0.1, -0.05) is 20.9 Å². The fraction of sp³-hybridized carbons (Fsp3) is 0.818. The average molecular weight is 206 g/mol. The second-order valence-corrected chi connectivity index (χ2v) is 2.50. The van der Waals surface area contributed by atoms with Crippen molar-refractivity contribution >= 4 is 0 Å². The van der Waals surface area contributed by atoms with Crippen LogP contribution in [0.15, 0.2) is 12.7 Å². The van der Waals surface area contributed by atoms with E-state index in [0.29, 0.717) is 26.4 Å². The van der Waals surface area contributed by atoms with E-state index in [1.165, 1.54) is 0 Å². The average Bonchev–Trinajstić information content (AvgIpc) is 2.06. The molecule has 3 nitrogen and oxygen atoms in total. The van der Waals surface area contributed by atoms with E-state index in [4.69, 9.17) is 14.2 Å². The lowest BCUT2D eigenvalue weighted by molar-refractivity contribution is -0.0183. The van der Waals surface area contributed by atoms with E-state index in [0.717, 1.165) is 0 Å². The maximum absolute atomic E-state index is 5.34. The van der Waals surface area contributed by atoms with Crippen LogP contribution in [-0.2, 0) is 14.2 Å².